The highest BCUT2D eigenvalue weighted by molar-refractivity contribution is 7.72. The lowest BCUT2D eigenvalue weighted by Gasteiger charge is -2.04. The van der Waals surface area contributed by atoms with Crippen molar-refractivity contribution in [3.8, 4) is 0 Å². The summed E-state index contributed by atoms with van der Waals surface area (Å²) in [6.07, 6.45) is 1.24. The van der Waals surface area contributed by atoms with E-state index in [0.717, 1.165) is 5.56 Å². The average molecular weight is 214 g/mol. The maximum atomic E-state index is 10.3. The molecule has 78 valence electrons. The van der Waals surface area contributed by atoms with E-state index >= 15 is 0 Å². The molecule has 0 aliphatic rings. The van der Waals surface area contributed by atoms with Crippen LogP contribution in [0.25, 0.3) is 0 Å². The monoisotopic (exact) mass is 214 g/mol. The number of thiol groups is 1. The SMILES string of the molecule is Nc1ccc(N)c(CCC[SH](=O)=O)c1. The van der Waals surface area contributed by atoms with Crippen molar-refractivity contribution in [2.75, 3.05) is 17.2 Å². The minimum atomic E-state index is -2.29. The lowest BCUT2D eigenvalue weighted by Crippen LogP contribution is -1.98. The largest absolute Gasteiger partial charge is 0.399 e. The maximum absolute atomic E-state index is 10.3. The van der Waals surface area contributed by atoms with Gasteiger partial charge in [0, 0.05) is 17.1 Å². The number of hydrogen-bond acceptors (Lipinski definition) is 4. The minimum absolute atomic E-state index is 0.198. The zero-order valence-corrected chi connectivity index (χ0v) is 8.67. The molecule has 0 spiro atoms. The molecule has 0 atom stereocenters. The Morgan fingerprint density at radius 1 is 1.21 bits per heavy atom. The number of anilines is 2. The van der Waals surface area contributed by atoms with Gasteiger partial charge in [-0.25, -0.2) is 8.42 Å². The van der Waals surface area contributed by atoms with Gasteiger partial charge in [-0.1, -0.05) is 0 Å². The van der Waals surface area contributed by atoms with Crippen LogP contribution in [0.3, 0.4) is 0 Å². The van der Waals surface area contributed by atoms with Crippen LogP contribution in [0.4, 0.5) is 11.4 Å². The molecule has 0 aliphatic carbocycles. The number of hydrogen-bond donors (Lipinski definition) is 3. The van der Waals surface area contributed by atoms with Gasteiger partial charge in [0.05, 0.1) is 0 Å². The first-order chi connectivity index (χ1) is 6.59. The summed E-state index contributed by atoms with van der Waals surface area (Å²) in [5.41, 5.74) is 13.5. The van der Waals surface area contributed by atoms with Crippen LogP contribution in [0.5, 0.6) is 0 Å². The van der Waals surface area contributed by atoms with Crippen molar-refractivity contribution in [2.45, 2.75) is 12.8 Å². The zero-order chi connectivity index (χ0) is 10.6. The first kappa shape index (κ1) is 10.8. The third kappa shape index (κ3) is 3.26. The van der Waals surface area contributed by atoms with Crippen LogP contribution >= 0.6 is 0 Å². The summed E-state index contributed by atoms with van der Waals surface area (Å²) in [7, 11) is -2.29. The molecule has 1 aromatic rings. The lowest BCUT2D eigenvalue weighted by molar-refractivity contribution is 0.612. The number of benzene rings is 1. The molecule has 0 saturated heterocycles. The Labute approximate surface area is 84.9 Å². The quantitative estimate of drug-likeness (QED) is 0.500. The molecule has 14 heavy (non-hydrogen) atoms. The highest BCUT2D eigenvalue weighted by atomic mass is 32.2. The third-order valence-corrected chi connectivity index (χ3v) is 2.64. The first-order valence-electron chi connectivity index (χ1n) is 4.35. The van der Waals surface area contributed by atoms with Gasteiger partial charge in [0.15, 0.2) is 0 Å². The second-order valence-corrected chi connectivity index (χ2v) is 4.23. The average Bonchev–Trinajstić information content (AvgIpc) is 2.10. The third-order valence-electron chi connectivity index (χ3n) is 1.95. The van der Waals surface area contributed by atoms with E-state index in [1.165, 1.54) is 0 Å². The van der Waals surface area contributed by atoms with Gasteiger partial charge in [-0.15, -0.1) is 0 Å². The molecule has 0 heterocycles. The fourth-order valence-corrected chi connectivity index (χ4v) is 1.66. The molecule has 4 nitrogen and oxygen atoms in total. The molecular formula is C9H14N2O2S. The number of nitrogen functional groups attached to an aromatic ring is 2. The van der Waals surface area contributed by atoms with Gasteiger partial charge in [-0.05, 0) is 36.6 Å². The van der Waals surface area contributed by atoms with Gasteiger partial charge in [-0.3, -0.25) is 0 Å². The van der Waals surface area contributed by atoms with Crippen molar-refractivity contribution < 1.29 is 8.42 Å². The van der Waals surface area contributed by atoms with E-state index in [-0.39, 0.29) is 5.75 Å². The Kier molecular flexibility index (Phi) is 3.76. The Morgan fingerprint density at radius 3 is 2.57 bits per heavy atom. The second kappa shape index (κ2) is 4.85. The summed E-state index contributed by atoms with van der Waals surface area (Å²) in [5, 5.41) is 0. The van der Waals surface area contributed by atoms with Gasteiger partial charge >= 0.3 is 0 Å². The topological polar surface area (TPSA) is 86.2 Å². The van der Waals surface area contributed by atoms with Crippen molar-refractivity contribution in [1.82, 2.24) is 0 Å². The van der Waals surface area contributed by atoms with E-state index in [0.29, 0.717) is 24.2 Å². The van der Waals surface area contributed by atoms with Gasteiger partial charge in [0.25, 0.3) is 0 Å². The highest BCUT2D eigenvalue weighted by Gasteiger charge is 2.00. The minimum Gasteiger partial charge on any atom is -0.399 e. The van der Waals surface area contributed by atoms with Crippen LogP contribution < -0.4 is 11.5 Å². The fourth-order valence-electron chi connectivity index (χ4n) is 1.24. The van der Waals surface area contributed by atoms with Crippen LogP contribution in [0.1, 0.15) is 12.0 Å². The summed E-state index contributed by atoms with van der Waals surface area (Å²) in [4.78, 5) is 0. The van der Waals surface area contributed by atoms with Gasteiger partial charge in [0.1, 0.15) is 10.7 Å². The van der Waals surface area contributed by atoms with E-state index in [1.54, 1.807) is 18.2 Å². The Balaban J connectivity index is 2.62. The molecule has 0 aromatic heterocycles. The van der Waals surface area contributed by atoms with E-state index < -0.39 is 10.7 Å². The van der Waals surface area contributed by atoms with Gasteiger partial charge in [-0.2, -0.15) is 0 Å². The van der Waals surface area contributed by atoms with Crippen molar-refractivity contribution in [2.24, 2.45) is 0 Å². The van der Waals surface area contributed by atoms with E-state index in [1.807, 2.05) is 0 Å². The maximum Gasteiger partial charge on any atom is 0.140 e. The molecule has 4 N–H and O–H groups in total. The molecule has 5 heteroatoms. The zero-order valence-electron chi connectivity index (χ0n) is 7.77. The highest BCUT2D eigenvalue weighted by Crippen LogP contribution is 2.16. The van der Waals surface area contributed by atoms with Gasteiger partial charge in [0.2, 0.25) is 0 Å². The summed E-state index contributed by atoms with van der Waals surface area (Å²) in [6.45, 7) is 0. The summed E-state index contributed by atoms with van der Waals surface area (Å²) in [5.74, 6) is 0.198. The van der Waals surface area contributed by atoms with E-state index in [9.17, 15) is 8.42 Å². The lowest BCUT2D eigenvalue weighted by atomic mass is 10.1. The van der Waals surface area contributed by atoms with Crippen molar-refractivity contribution in [3.63, 3.8) is 0 Å². The number of nitrogens with two attached hydrogens (primary N) is 2. The number of rotatable bonds is 4. The molecule has 0 amide bonds. The summed E-state index contributed by atoms with van der Waals surface area (Å²) >= 11 is 0. The smallest absolute Gasteiger partial charge is 0.140 e. The fraction of sp³-hybridized carbons (Fsp3) is 0.333. The van der Waals surface area contributed by atoms with Crippen LogP contribution in [-0.4, -0.2) is 14.2 Å². The van der Waals surface area contributed by atoms with Crippen molar-refractivity contribution >= 4 is 22.1 Å². The van der Waals surface area contributed by atoms with Crippen LogP contribution in [0.2, 0.25) is 0 Å². The van der Waals surface area contributed by atoms with Crippen molar-refractivity contribution in [3.05, 3.63) is 23.8 Å². The Bertz CT molecular complexity index is 380. The van der Waals surface area contributed by atoms with E-state index in [2.05, 4.69) is 0 Å². The Morgan fingerprint density at radius 2 is 1.93 bits per heavy atom. The van der Waals surface area contributed by atoms with Crippen LogP contribution in [0.15, 0.2) is 18.2 Å². The normalized spacial score (nSPS) is 10.6. The molecule has 1 rings (SSSR count). The van der Waals surface area contributed by atoms with Gasteiger partial charge < -0.3 is 11.5 Å². The Hall–Kier alpha value is -1.23. The second-order valence-electron chi connectivity index (χ2n) is 3.12. The molecule has 1 aromatic carbocycles. The van der Waals surface area contributed by atoms with E-state index in [4.69, 9.17) is 11.5 Å². The van der Waals surface area contributed by atoms with Crippen LogP contribution in [0, 0.1) is 0 Å². The summed E-state index contributed by atoms with van der Waals surface area (Å²) in [6, 6.07) is 5.25. The molecule has 0 bridgehead atoms. The van der Waals surface area contributed by atoms with Crippen molar-refractivity contribution in [1.29, 1.82) is 0 Å². The first-order valence-corrected chi connectivity index (χ1v) is 5.71. The molecule has 0 fully saturated rings. The van der Waals surface area contributed by atoms with Crippen LogP contribution in [-0.2, 0) is 17.1 Å². The molecule has 0 radical (unpaired) electrons. The molecular weight excluding hydrogens is 200 g/mol. The predicted octanol–water partition coefficient (Wildman–Crippen LogP) is 0.395. The molecule has 0 aliphatic heterocycles. The predicted molar refractivity (Wildman–Crippen MR) is 58.8 cm³/mol. The number of aryl methyl sites for hydroxylation is 1. The molecule has 0 unspecified atom stereocenters. The molecule has 0 saturated carbocycles. The summed E-state index contributed by atoms with van der Waals surface area (Å²) < 4.78 is 20.6. The standard InChI is InChI=1S/C9H14N2O2S/c10-8-3-4-9(11)7(6-8)2-1-5-14(12)13/h3-4,6,14H,1-2,5,10-11H2.